The number of nitrogens with one attached hydrogen (secondary N) is 1. The van der Waals surface area contributed by atoms with Crippen LogP contribution in [0.4, 0.5) is 4.39 Å². The van der Waals surface area contributed by atoms with Gasteiger partial charge in [-0.2, -0.15) is 0 Å². The van der Waals surface area contributed by atoms with Gasteiger partial charge in [0.15, 0.2) is 5.17 Å². The van der Waals surface area contributed by atoms with Gasteiger partial charge in [-0.3, -0.25) is 4.99 Å². The normalized spacial score (nSPS) is 21.1. The molecule has 0 amide bonds. The standard InChI is InChI=1S/C12H15FN2S/c1-12(2)8-16-11(15-12)14-7-9-5-3-4-6-10(9)13/h3-6H,7-8H2,1-2H3,(H,14,15). The molecule has 0 bridgehead atoms. The summed E-state index contributed by atoms with van der Waals surface area (Å²) in [5.74, 6) is 0.817. The summed E-state index contributed by atoms with van der Waals surface area (Å²) in [7, 11) is 0. The molecule has 0 aliphatic carbocycles. The largest absolute Gasteiger partial charge is 0.359 e. The van der Waals surface area contributed by atoms with Gasteiger partial charge in [-0.25, -0.2) is 4.39 Å². The van der Waals surface area contributed by atoms with Crippen molar-refractivity contribution in [2.75, 3.05) is 5.75 Å². The molecule has 86 valence electrons. The van der Waals surface area contributed by atoms with Gasteiger partial charge in [0.05, 0.1) is 6.54 Å². The van der Waals surface area contributed by atoms with Crippen molar-refractivity contribution in [2.45, 2.75) is 25.9 Å². The maximum Gasteiger partial charge on any atom is 0.157 e. The first-order valence-corrected chi connectivity index (χ1v) is 6.24. The summed E-state index contributed by atoms with van der Waals surface area (Å²) in [6.07, 6.45) is 0. The molecule has 0 atom stereocenters. The molecular formula is C12H15FN2S. The number of benzene rings is 1. The minimum absolute atomic E-state index is 0.0960. The number of hydrogen-bond acceptors (Lipinski definition) is 2. The minimum atomic E-state index is -0.186. The lowest BCUT2D eigenvalue weighted by molar-refractivity contribution is 0.536. The molecule has 1 aromatic carbocycles. The van der Waals surface area contributed by atoms with E-state index in [2.05, 4.69) is 24.2 Å². The highest BCUT2D eigenvalue weighted by Gasteiger charge is 2.27. The molecule has 2 rings (SSSR count). The predicted molar refractivity (Wildman–Crippen MR) is 67.2 cm³/mol. The molecule has 2 nitrogen and oxygen atoms in total. The quantitative estimate of drug-likeness (QED) is 0.856. The number of aliphatic imine (C=N–C) groups is 1. The number of amidine groups is 1. The number of nitrogens with zero attached hydrogens (tertiary/aromatic N) is 1. The Hall–Kier alpha value is -1.03. The molecule has 0 unspecified atom stereocenters. The lowest BCUT2D eigenvalue weighted by atomic mass is 10.1. The van der Waals surface area contributed by atoms with Crippen LogP contribution in [0.5, 0.6) is 0 Å². The molecule has 0 spiro atoms. The lowest BCUT2D eigenvalue weighted by Crippen LogP contribution is -2.36. The van der Waals surface area contributed by atoms with Gasteiger partial charge < -0.3 is 5.32 Å². The average molecular weight is 238 g/mol. The summed E-state index contributed by atoms with van der Waals surface area (Å²) in [4.78, 5) is 4.38. The van der Waals surface area contributed by atoms with E-state index in [1.165, 1.54) is 6.07 Å². The molecule has 4 heteroatoms. The number of hydrogen-bond donors (Lipinski definition) is 1. The summed E-state index contributed by atoms with van der Waals surface area (Å²) in [6, 6.07) is 6.76. The Labute approximate surface area is 99.3 Å². The summed E-state index contributed by atoms with van der Waals surface area (Å²) in [6.45, 7) is 4.66. The average Bonchev–Trinajstić information content (AvgIpc) is 2.57. The van der Waals surface area contributed by atoms with Crippen molar-refractivity contribution in [1.82, 2.24) is 5.32 Å². The van der Waals surface area contributed by atoms with Crippen LogP contribution in [0.15, 0.2) is 29.3 Å². The van der Waals surface area contributed by atoms with Crippen molar-refractivity contribution in [1.29, 1.82) is 0 Å². The van der Waals surface area contributed by atoms with Crippen molar-refractivity contribution >= 4 is 16.9 Å². The van der Waals surface area contributed by atoms with E-state index in [-0.39, 0.29) is 11.4 Å². The van der Waals surface area contributed by atoms with Gasteiger partial charge in [-0.1, -0.05) is 30.0 Å². The minimum Gasteiger partial charge on any atom is -0.359 e. The van der Waals surface area contributed by atoms with Crippen molar-refractivity contribution in [3.63, 3.8) is 0 Å². The van der Waals surface area contributed by atoms with E-state index in [4.69, 9.17) is 0 Å². The highest BCUT2D eigenvalue weighted by molar-refractivity contribution is 8.14. The molecule has 0 radical (unpaired) electrons. The van der Waals surface area contributed by atoms with Gasteiger partial charge >= 0.3 is 0 Å². The Morgan fingerprint density at radius 2 is 2.19 bits per heavy atom. The monoisotopic (exact) mass is 238 g/mol. The molecule has 0 saturated carbocycles. The Morgan fingerprint density at radius 3 is 2.81 bits per heavy atom. The topological polar surface area (TPSA) is 24.4 Å². The van der Waals surface area contributed by atoms with E-state index in [9.17, 15) is 4.39 Å². The van der Waals surface area contributed by atoms with Gasteiger partial charge in [0, 0.05) is 16.9 Å². The van der Waals surface area contributed by atoms with Crippen LogP contribution in [0.25, 0.3) is 0 Å². The van der Waals surface area contributed by atoms with Crippen molar-refractivity contribution < 1.29 is 4.39 Å². The summed E-state index contributed by atoms with van der Waals surface area (Å²) in [5, 5.41) is 4.22. The van der Waals surface area contributed by atoms with Crippen LogP contribution in [0.3, 0.4) is 0 Å². The van der Waals surface area contributed by atoms with Crippen molar-refractivity contribution in [3.8, 4) is 0 Å². The number of halogens is 1. The summed E-state index contributed by atoms with van der Waals surface area (Å²) < 4.78 is 13.3. The van der Waals surface area contributed by atoms with Crippen LogP contribution < -0.4 is 5.32 Å². The third-order valence-corrected chi connectivity index (χ3v) is 3.74. The van der Waals surface area contributed by atoms with Crippen LogP contribution in [-0.4, -0.2) is 16.5 Å². The first-order chi connectivity index (χ1) is 7.57. The second-order valence-corrected chi connectivity index (χ2v) is 5.47. The van der Waals surface area contributed by atoms with Crippen LogP contribution >= 0.6 is 11.8 Å². The van der Waals surface area contributed by atoms with Gasteiger partial charge in [0.2, 0.25) is 0 Å². The van der Waals surface area contributed by atoms with Crippen molar-refractivity contribution in [2.24, 2.45) is 4.99 Å². The molecule has 1 aromatic rings. The Bertz CT molecular complexity index is 415. The molecule has 1 aliphatic rings. The zero-order chi connectivity index (χ0) is 11.6. The Morgan fingerprint density at radius 1 is 1.44 bits per heavy atom. The maximum absolute atomic E-state index is 13.3. The number of thioether (sulfide) groups is 1. The van der Waals surface area contributed by atoms with E-state index in [0.29, 0.717) is 12.1 Å². The smallest absolute Gasteiger partial charge is 0.157 e. The highest BCUT2D eigenvalue weighted by Crippen LogP contribution is 2.22. The van der Waals surface area contributed by atoms with Gasteiger partial charge in [0.1, 0.15) is 5.82 Å². The molecule has 1 heterocycles. The van der Waals surface area contributed by atoms with Crippen molar-refractivity contribution in [3.05, 3.63) is 35.6 Å². The van der Waals surface area contributed by atoms with Crippen LogP contribution in [0.2, 0.25) is 0 Å². The van der Waals surface area contributed by atoms with E-state index >= 15 is 0 Å². The summed E-state index contributed by atoms with van der Waals surface area (Å²) in [5.41, 5.74) is 0.737. The Kier molecular flexibility index (Phi) is 3.19. The molecule has 1 N–H and O–H groups in total. The molecular weight excluding hydrogens is 223 g/mol. The SMILES string of the molecule is CC1(C)CSC(=NCc2ccccc2F)N1. The maximum atomic E-state index is 13.3. The fourth-order valence-corrected chi connectivity index (χ4v) is 2.55. The lowest BCUT2D eigenvalue weighted by Gasteiger charge is -2.15. The molecule has 0 aromatic heterocycles. The van der Waals surface area contributed by atoms with Crippen LogP contribution in [0.1, 0.15) is 19.4 Å². The summed E-state index contributed by atoms with van der Waals surface area (Å²) >= 11 is 1.69. The zero-order valence-electron chi connectivity index (χ0n) is 9.46. The fraction of sp³-hybridized carbons (Fsp3) is 0.417. The molecule has 1 saturated heterocycles. The molecule has 1 fully saturated rings. The Balaban J connectivity index is 2.03. The van der Waals surface area contributed by atoms with E-state index < -0.39 is 0 Å². The second kappa shape index (κ2) is 4.45. The van der Waals surface area contributed by atoms with Crippen LogP contribution in [-0.2, 0) is 6.54 Å². The highest BCUT2D eigenvalue weighted by atomic mass is 32.2. The first-order valence-electron chi connectivity index (χ1n) is 5.26. The van der Waals surface area contributed by atoms with Gasteiger partial charge in [0.25, 0.3) is 0 Å². The first kappa shape index (κ1) is 11.5. The predicted octanol–water partition coefficient (Wildman–Crippen LogP) is 2.80. The van der Waals surface area contributed by atoms with Crippen LogP contribution in [0, 0.1) is 5.82 Å². The van der Waals surface area contributed by atoms with E-state index in [0.717, 1.165) is 10.9 Å². The molecule has 16 heavy (non-hydrogen) atoms. The van der Waals surface area contributed by atoms with E-state index in [1.54, 1.807) is 23.9 Å². The number of rotatable bonds is 2. The fourth-order valence-electron chi connectivity index (χ4n) is 1.48. The third kappa shape index (κ3) is 2.76. The van der Waals surface area contributed by atoms with Gasteiger partial charge in [-0.15, -0.1) is 0 Å². The third-order valence-electron chi connectivity index (χ3n) is 2.37. The molecule has 1 aliphatic heterocycles. The zero-order valence-corrected chi connectivity index (χ0v) is 10.3. The van der Waals surface area contributed by atoms with Gasteiger partial charge in [-0.05, 0) is 19.9 Å². The van der Waals surface area contributed by atoms with E-state index in [1.807, 2.05) is 6.07 Å². The second-order valence-electron chi connectivity index (χ2n) is 4.51.